The van der Waals surface area contributed by atoms with Crippen LogP contribution in [0.3, 0.4) is 0 Å². The van der Waals surface area contributed by atoms with Gasteiger partial charge in [-0.2, -0.15) is 5.10 Å². The molecule has 0 atom stereocenters. The van der Waals surface area contributed by atoms with Gasteiger partial charge in [0.25, 0.3) is 0 Å². The molecular formula is C23H38N2O. The Kier molecular flexibility index (Phi) is 14.5. The fourth-order valence-corrected chi connectivity index (χ4v) is 3.08. The third-order valence-corrected chi connectivity index (χ3v) is 4.71. The molecular weight excluding hydrogens is 320 g/mol. The third-order valence-electron chi connectivity index (χ3n) is 4.71. The van der Waals surface area contributed by atoms with Crippen LogP contribution in [0.15, 0.2) is 35.4 Å². The highest BCUT2D eigenvalue weighted by molar-refractivity contribution is 5.82. The van der Waals surface area contributed by atoms with Crippen molar-refractivity contribution in [1.29, 1.82) is 0 Å². The van der Waals surface area contributed by atoms with E-state index in [1.54, 1.807) is 6.21 Å². The minimum atomic E-state index is 0.0141. The maximum Gasteiger partial charge on any atom is 0.240 e. The molecule has 0 aliphatic carbocycles. The van der Waals surface area contributed by atoms with Crippen LogP contribution in [0.4, 0.5) is 0 Å². The second-order valence-electron chi connectivity index (χ2n) is 7.20. The molecule has 3 heteroatoms. The Labute approximate surface area is 160 Å². The summed E-state index contributed by atoms with van der Waals surface area (Å²) in [6.07, 6.45) is 19.4. The molecule has 0 unspecified atom stereocenters. The minimum Gasteiger partial charge on any atom is -0.273 e. The molecule has 0 fully saturated rings. The molecule has 26 heavy (non-hydrogen) atoms. The average Bonchev–Trinajstić information content (AvgIpc) is 2.66. The van der Waals surface area contributed by atoms with Crippen molar-refractivity contribution in [2.45, 2.75) is 96.8 Å². The Bertz CT molecular complexity index is 470. The average molecular weight is 359 g/mol. The molecule has 0 saturated carbocycles. The van der Waals surface area contributed by atoms with E-state index in [0.717, 1.165) is 18.4 Å². The number of nitrogens with zero attached hydrogens (tertiary/aromatic N) is 1. The number of rotatable bonds is 16. The maximum atomic E-state index is 11.7. The monoisotopic (exact) mass is 358 g/mol. The lowest BCUT2D eigenvalue weighted by molar-refractivity contribution is -0.121. The lowest BCUT2D eigenvalue weighted by Gasteiger charge is -2.03. The van der Waals surface area contributed by atoms with Gasteiger partial charge < -0.3 is 0 Å². The molecule has 146 valence electrons. The Balaban J connectivity index is 1.84. The van der Waals surface area contributed by atoms with Gasteiger partial charge in [0.05, 0.1) is 6.21 Å². The van der Waals surface area contributed by atoms with E-state index in [1.165, 1.54) is 70.6 Å². The summed E-state index contributed by atoms with van der Waals surface area (Å²) in [7, 11) is 0. The van der Waals surface area contributed by atoms with Gasteiger partial charge in [-0.1, -0.05) is 114 Å². The van der Waals surface area contributed by atoms with Gasteiger partial charge in [-0.15, -0.1) is 0 Å². The Hall–Kier alpha value is -1.64. The number of benzene rings is 1. The number of unbranched alkanes of at least 4 members (excludes halogenated alkanes) is 12. The maximum absolute atomic E-state index is 11.7. The van der Waals surface area contributed by atoms with E-state index in [4.69, 9.17) is 0 Å². The highest BCUT2D eigenvalue weighted by Crippen LogP contribution is 2.12. The highest BCUT2D eigenvalue weighted by Gasteiger charge is 1.99. The fourth-order valence-electron chi connectivity index (χ4n) is 3.08. The van der Waals surface area contributed by atoms with Crippen molar-refractivity contribution in [3.05, 3.63) is 35.9 Å². The zero-order chi connectivity index (χ0) is 18.7. The summed E-state index contributed by atoms with van der Waals surface area (Å²) in [6, 6.07) is 9.79. The second kappa shape index (κ2) is 16.8. The molecule has 0 aliphatic heterocycles. The smallest absolute Gasteiger partial charge is 0.240 e. The molecule has 0 heterocycles. The highest BCUT2D eigenvalue weighted by atomic mass is 16.2. The number of carbonyl (C=O) groups is 1. The predicted molar refractivity (Wildman–Crippen MR) is 112 cm³/mol. The first kappa shape index (κ1) is 22.4. The summed E-state index contributed by atoms with van der Waals surface area (Å²) in [6.45, 7) is 2.27. The van der Waals surface area contributed by atoms with E-state index in [-0.39, 0.29) is 5.91 Å². The van der Waals surface area contributed by atoms with Gasteiger partial charge >= 0.3 is 0 Å². The van der Waals surface area contributed by atoms with E-state index in [2.05, 4.69) is 17.5 Å². The molecule has 1 aromatic rings. The van der Waals surface area contributed by atoms with Crippen molar-refractivity contribution < 1.29 is 4.79 Å². The largest absolute Gasteiger partial charge is 0.273 e. The summed E-state index contributed by atoms with van der Waals surface area (Å²) in [5.41, 5.74) is 3.60. The summed E-state index contributed by atoms with van der Waals surface area (Å²) in [4.78, 5) is 11.7. The molecule has 0 aliphatic rings. The van der Waals surface area contributed by atoms with Gasteiger partial charge in [-0.25, -0.2) is 5.43 Å². The quantitative estimate of drug-likeness (QED) is 0.201. The standard InChI is InChI=1S/C23H38N2O/c1-2-3-4-5-6-7-8-9-10-11-12-13-17-20-23(26)25-24-21-22-18-15-14-16-19-22/h14-16,18-19,21H,2-13,17,20H2,1H3,(H,25,26). The van der Waals surface area contributed by atoms with Crippen LogP contribution in [-0.2, 0) is 4.79 Å². The van der Waals surface area contributed by atoms with Crippen LogP contribution in [0.2, 0.25) is 0 Å². The number of amides is 1. The van der Waals surface area contributed by atoms with Crippen LogP contribution in [-0.4, -0.2) is 12.1 Å². The van der Waals surface area contributed by atoms with Crippen LogP contribution in [0.25, 0.3) is 0 Å². The molecule has 1 amide bonds. The van der Waals surface area contributed by atoms with Crippen LogP contribution in [0, 0.1) is 0 Å². The number of nitrogens with one attached hydrogen (secondary N) is 1. The number of hydrogen-bond donors (Lipinski definition) is 1. The lowest BCUT2D eigenvalue weighted by Crippen LogP contribution is -2.16. The lowest BCUT2D eigenvalue weighted by atomic mass is 10.0. The summed E-state index contributed by atoms with van der Waals surface area (Å²) in [5.74, 6) is 0.0141. The molecule has 0 radical (unpaired) electrons. The first-order chi connectivity index (χ1) is 12.8. The van der Waals surface area contributed by atoms with E-state index >= 15 is 0 Å². The number of hydrogen-bond acceptors (Lipinski definition) is 2. The van der Waals surface area contributed by atoms with Gasteiger partial charge in [0.1, 0.15) is 0 Å². The molecule has 0 saturated heterocycles. The zero-order valence-corrected chi connectivity index (χ0v) is 16.7. The SMILES string of the molecule is CCCCCCCCCCCCCCCC(=O)NN=Cc1ccccc1. The van der Waals surface area contributed by atoms with Crippen molar-refractivity contribution in [2.75, 3.05) is 0 Å². The number of hydrazone groups is 1. The summed E-state index contributed by atoms with van der Waals surface area (Å²) >= 11 is 0. The first-order valence-electron chi connectivity index (χ1n) is 10.7. The van der Waals surface area contributed by atoms with Crippen molar-refractivity contribution in [3.8, 4) is 0 Å². The van der Waals surface area contributed by atoms with Gasteiger partial charge in [0.15, 0.2) is 0 Å². The van der Waals surface area contributed by atoms with E-state index in [0.29, 0.717) is 6.42 Å². The second-order valence-corrected chi connectivity index (χ2v) is 7.20. The van der Waals surface area contributed by atoms with Crippen LogP contribution in [0.1, 0.15) is 102 Å². The van der Waals surface area contributed by atoms with Crippen LogP contribution >= 0.6 is 0 Å². The van der Waals surface area contributed by atoms with Gasteiger partial charge in [-0.05, 0) is 12.0 Å². The fraction of sp³-hybridized carbons (Fsp3) is 0.652. The zero-order valence-electron chi connectivity index (χ0n) is 16.7. The topological polar surface area (TPSA) is 41.5 Å². The van der Waals surface area contributed by atoms with Gasteiger partial charge in [0.2, 0.25) is 5.91 Å². The molecule has 1 aromatic carbocycles. The van der Waals surface area contributed by atoms with Crippen molar-refractivity contribution in [3.63, 3.8) is 0 Å². The van der Waals surface area contributed by atoms with E-state index in [9.17, 15) is 4.79 Å². The summed E-state index contributed by atoms with van der Waals surface area (Å²) < 4.78 is 0. The first-order valence-corrected chi connectivity index (χ1v) is 10.7. The molecule has 0 aromatic heterocycles. The summed E-state index contributed by atoms with van der Waals surface area (Å²) in [5, 5.41) is 4.00. The van der Waals surface area contributed by atoms with Crippen LogP contribution < -0.4 is 5.43 Å². The van der Waals surface area contributed by atoms with Crippen LogP contribution in [0.5, 0.6) is 0 Å². The van der Waals surface area contributed by atoms with E-state index in [1.807, 2.05) is 30.3 Å². The molecule has 0 bridgehead atoms. The molecule has 1 N–H and O–H groups in total. The van der Waals surface area contributed by atoms with E-state index < -0.39 is 0 Å². The Morgan fingerprint density at radius 2 is 1.31 bits per heavy atom. The van der Waals surface area contributed by atoms with Crippen molar-refractivity contribution in [1.82, 2.24) is 5.43 Å². The molecule has 0 spiro atoms. The van der Waals surface area contributed by atoms with Gasteiger partial charge in [-0.3, -0.25) is 4.79 Å². The Morgan fingerprint density at radius 3 is 1.85 bits per heavy atom. The van der Waals surface area contributed by atoms with Crippen molar-refractivity contribution in [2.24, 2.45) is 5.10 Å². The Morgan fingerprint density at radius 1 is 0.808 bits per heavy atom. The normalized spacial score (nSPS) is 11.1. The number of carbonyl (C=O) groups excluding carboxylic acids is 1. The third kappa shape index (κ3) is 13.6. The molecule has 1 rings (SSSR count). The van der Waals surface area contributed by atoms with Gasteiger partial charge in [0, 0.05) is 6.42 Å². The predicted octanol–water partition coefficient (Wildman–Crippen LogP) is 6.62. The minimum absolute atomic E-state index is 0.0141. The molecule has 3 nitrogen and oxygen atoms in total. The van der Waals surface area contributed by atoms with Crippen molar-refractivity contribution >= 4 is 12.1 Å².